The Hall–Kier alpha value is -2.53. The predicted octanol–water partition coefficient (Wildman–Crippen LogP) is 4.41. The maximum atomic E-state index is 12.3. The molecule has 7 nitrogen and oxygen atoms in total. The van der Waals surface area contributed by atoms with Crippen LogP contribution in [0.2, 0.25) is 0 Å². The number of nitrogens with one attached hydrogen (secondary N) is 1. The van der Waals surface area contributed by atoms with Crippen molar-refractivity contribution in [2.45, 2.75) is 51.7 Å². The Bertz CT molecular complexity index is 790. The number of azo groups is 1. The number of pyridine rings is 1. The summed E-state index contributed by atoms with van der Waals surface area (Å²) in [5, 5.41) is 19.7. The average Bonchev–Trinajstić information content (AvgIpc) is 2.67. The van der Waals surface area contributed by atoms with E-state index in [-0.39, 0.29) is 18.1 Å². The molecule has 1 saturated carbocycles. The van der Waals surface area contributed by atoms with Gasteiger partial charge in [0.2, 0.25) is 0 Å². The largest absolute Gasteiger partial charge is 0.489 e. The van der Waals surface area contributed by atoms with Crippen LogP contribution < -0.4 is 10.1 Å². The van der Waals surface area contributed by atoms with Crippen LogP contribution in [0.3, 0.4) is 0 Å². The van der Waals surface area contributed by atoms with Crippen LogP contribution in [-0.2, 0) is 4.79 Å². The first-order valence-electron chi connectivity index (χ1n) is 8.78. The maximum absolute atomic E-state index is 12.3. The molecule has 0 aromatic carbocycles. The summed E-state index contributed by atoms with van der Waals surface area (Å²) in [5.74, 6) is 0.421. The molecule has 0 saturated heterocycles. The third-order valence-electron chi connectivity index (χ3n) is 4.12. The lowest BCUT2D eigenvalue weighted by molar-refractivity contribution is -0.118. The molecule has 0 unspecified atom stereocenters. The van der Waals surface area contributed by atoms with Gasteiger partial charge in [-0.3, -0.25) is 4.79 Å². The molecule has 1 aromatic heterocycles. The molecule has 0 aliphatic heterocycles. The number of nitrogens with zero attached hydrogens (tertiary/aromatic N) is 4. The smallest absolute Gasteiger partial charge is 0.271 e. The highest BCUT2D eigenvalue weighted by Gasteiger charge is 2.24. The van der Waals surface area contributed by atoms with Gasteiger partial charge in [0, 0.05) is 12.2 Å². The van der Waals surface area contributed by atoms with E-state index in [1.165, 1.54) is 6.20 Å². The van der Waals surface area contributed by atoms with Crippen LogP contribution in [0.1, 0.15) is 45.2 Å². The lowest BCUT2D eigenvalue weighted by Gasteiger charge is -2.29. The Morgan fingerprint density at radius 3 is 2.74 bits per heavy atom. The van der Waals surface area contributed by atoms with Gasteiger partial charge in [-0.05, 0) is 61.5 Å². The molecule has 1 aliphatic rings. The van der Waals surface area contributed by atoms with Gasteiger partial charge < -0.3 is 10.1 Å². The third kappa shape index (κ3) is 6.29. The molecule has 27 heavy (non-hydrogen) atoms. The van der Waals surface area contributed by atoms with Crippen molar-refractivity contribution in [1.29, 1.82) is 5.26 Å². The molecule has 142 valence electrons. The number of carbonyl (C=O) groups excluding carboxylic acids is 1. The molecule has 2 rings (SSSR count). The summed E-state index contributed by atoms with van der Waals surface area (Å²) >= 11 is 3.31. The molecule has 1 amide bonds. The van der Waals surface area contributed by atoms with Gasteiger partial charge >= 0.3 is 0 Å². The molecule has 1 N–H and O–H groups in total. The molecule has 0 spiro atoms. The molecular weight excluding hydrogens is 410 g/mol. The zero-order valence-corrected chi connectivity index (χ0v) is 16.9. The van der Waals surface area contributed by atoms with Gasteiger partial charge in [0.05, 0.1) is 16.8 Å². The molecule has 1 heterocycles. The average molecular weight is 432 g/mol. The molecule has 0 atom stereocenters. The first-order chi connectivity index (χ1) is 13.1. The fraction of sp³-hybridized carbons (Fsp3) is 0.421. The Morgan fingerprint density at radius 2 is 2.15 bits per heavy atom. The second-order valence-electron chi connectivity index (χ2n) is 6.05. The van der Waals surface area contributed by atoms with E-state index >= 15 is 0 Å². The van der Waals surface area contributed by atoms with Crippen LogP contribution in [0.15, 0.2) is 51.0 Å². The molecule has 0 radical (unpaired) electrons. The van der Waals surface area contributed by atoms with Gasteiger partial charge in [-0.2, -0.15) is 10.4 Å². The van der Waals surface area contributed by atoms with Gasteiger partial charge in [0.1, 0.15) is 17.5 Å². The minimum atomic E-state index is -0.213. The molecule has 1 aromatic rings. The van der Waals surface area contributed by atoms with E-state index in [9.17, 15) is 4.79 Å². The van der Waals surface area contributed by atoms with E-state index in [0.29, 0.717) is 21.6 Å². The van der Waals surface area contributed by atoms with Crippen LogP contribution in [0.25, 0.3) is 0 Å². The highest BCUT2D eigenvalue weighted by molar-refractivity contribution is 9.10. The van der Waals surface area contributed by atoms with Crippen molar-refractivity contribution in [2.24, 2.45) is 10.2 Å². The third-order valence-corrected chi connectivity index (χ3v) is 4.73. The number of halogens is 1. The summed E-state index contributed by atoms with van der Waals surface area (Å²) in [6.45, 7) is 3.60. The van der Waals surface area contributed by atoms with Crippen molar-refractivity contribution in [3.8, 4) is 11.8 Å². The Kier molecular flexibility index (Phi) is 8.14. The summed E-state index contributed by atoms with van der Waals surface area (Å²) < 4.78 is 6.58. The lowest BCUT2D eigenvalue weighted by atomic mass is 9.93. The fourth-order valence-electron chi connectivity index (χ4n) is 2.74. The van der Waals surface area contributed by atoms with Crippen molar-refractivity contribution in [3.63, 3.8) is 0 Å². The number of hydrogen-bond donors (Lipinski definition) is 1. The molecular formula is C19H22BrN5O2. The number of ether oxygens (including phenoxy) is 1. The number of carbonyl (C=O) groups is 1. The molecule has 0 bridgehead atoms. The summed E-state index contributed by atoms with van der Waals surface area (Å²) in [6, 6.07) is 3.85. The Morgan fingerprint density at radius 1 is 1.41 bits per heavy atom. The number of nitriles is 1. The van der Waals surface area contributed by atoms with E-state index in [1.54, 1.807) is 31.3 Å². The summed E-state index contributed by atoms with van der Waals surface area (Å²) in [4.78, 5) is 16.3. The second-order valence-corrected chi connectivity index (χ2v) is 6.90. The number of hydrogen-bond acceptors (Lipinski definition) is 6. The first kappa shape index (κ1) is 20.8. The van der Waals surface area contributed by atoms with Crippen LogP contribution in [-0.4, -0.2) is 23.0 Å². The van der Waals surface area contributed by atoms with Crippen LogP contribution in [0, 0.1) is 11.3 Å². The van der Waals surface area contributed by atoms with Crippen LogP contribution in [0.4, 0.5) is 0 Å². The number of aromatic nitrogens is 1. The summed E-state index contributed by atoms with van der Waals surface area (Å²) in [7, 11) is 0. The lowest BCUT2D eigenvalue weighted by Crippen LogP contribution is -2.40. The minimum absolute atomic E-state index is 0.0651. The number of allylic oxidation sites excluding steroid dienone is 2. The van der Waals surface area contributed by atoms with Gasteiger partial charge in [0.15, 0.2) is 5.69 Å². The van der Waals surface area contributed by atoms with Gasteiger partial charge in [-0.15, -0.1) is 5.11 Å². The highest BCUT2D eigenvalue weighted by Crippen LogP contribution is 2.26. The standard InChI is InChI=1S/C19H22BrN5O2/c1-3-9-23-25-17(4-2)19(26)24-13-5-7-14(8-6-13)27-15-10-16(20)18(11-21)22-12-15/h3-4,9-10,12-14H,5-8H2,1-2H3,(H,24,26)/b9-3+,17-4-,25-23-/t13-,14-. The van der Waals surface area contributed by atoms with Crippen molar-refractivity contribution < 1.29 is 9.53 Å². The second kappa shape index (κ2) is 10.6. The number of rotatable bonds is 6. The molecule has 1 fully saturated rings. The van der Waals surface area contributed by atoms with E-state index in [2.05, 4.69) is 36.5 Å². The number of amides is 1. The van der Waals surface area contributed by atoms with E-state index in [4.69, 9.17) is 10.00 Å². The predicted molar refractivity (Wildman–Crippen MR) is 105 cm³/mol. The maximum Gasteiger partial charge on any atom is 0.271 e. The normalized spacial score (nSPS) is 20.6. The van der Waals surface area contributed by atoms with Gasteiger partial charge in [-0.25, -0.2) is 4.98 Å². The fourth-order valence-corrected chi connectivity index (χ4v) is 3.16. The first-order valence-corrected chi connectivity index (χ1v) is 9.58. The van der Waals surface area contributed by atoms with Crippen molar-refractivity contribution >= 4 is 21.8 Å². The van der Waals surface area contributed by atoms with E-state index in [1.807, 2.05) is 13.0 Å². The van der Waals surface area contributed by atoms with Crippen molar-refractivity contribution in [1.82, 2.24) is 10.3 Å². The summed E-state index contributed by atoms with van der Waals surface area (Å²) in [5.41, 5.74) is 0.639. The van der Waals surface area contributed by atoms with Gasteiger partial charge in [0.25, 0.3) is 5.91 Å². The Balaban J connectivity index is 1.83. The van der Waals surface area contributed by atoms with Crippen molar-refractivity contribution in [2.75, 3.05) is 0 Å². The zero-order chi connectivity index (χ0) is 19.6. The van der Waals surface area contributed by atoms with Crippen LogP contribution >= 0.6 is 15.9 Å². The zero-order valence-electron chi connectivity index (χ0n) is 15.4. The quantitative estimate of drug-likeness (QED) is 0.532. The topological polar surface area (TPSA) is 99.7 Å². The molecule has 8 heteroatoms. The Labute approximate surface area is 167 Å². The van der Waals surface area contributed by atoms with Gasteiger partial charge in [-0.1, -0.05) is 12.2 Å². The van der Waals surface area contributed by atoms with Crippen molar-refractivity contribution in [3.05, 3.63) is 46.5 Å². The van der Waals surface area contributed by atoms with Crippen LogP contribution in [0.5, 0.6) is 5.75 Å². The SMILES string of the molecule is C\C=C(/N=N\C=C\C)C(=O)N[C@H]1CC[C@H](Oc2cnc(C#N)c(Br)c2)CC1. The highest BCUT2D eigenvalue weighted by atomic mass is 79.9. The van der Waals surface area contributed by atoms with E-state index < -0.39 is 0 Å². The monoisotopic (exact) mass is 431 g/mol. The molecule has 1 aliphatic carbocycles. The minimum Gasteiger partial charge on any atom is -0.489 e. The van der Waals surface area contributed by atoms with E-state index in [0.717, 1.165) is 25.7 Å². The summed E-state index contributed by atoms with van der Waals surface area (Å²) in [6.07, 6.45) is 9.86.